The molecular formula is C17H20N2O5S2. The van der Waals surface area contributed by atoms with E-state index in [-0.39, 0.29) is 17.3 Å². The fourth-order valence-electron chi connectivity index (χ4n) is 2.59. The Kier molecular flexibility index (Phi) is 6.05. The number of thiophene rings is 1. The number of nitrogens with zero attached hydrogens (tertiary/aromatic N) is 1. The molecule has 1 amide bonds. The lowest BCUT2D eigenvalue weighted by Gasteiger charge is -2.26. The molecule has 1 saturated heterocycles. The zero-order valence-corrected chi connectivity index (χ0v) is 15.6. The molecular weight excluding hydrogens is 376 g/mol. The van der Waals surface area contributed by atoms with Crippen LogP contribution in [0.5, 0.6) is 0 Å². The first-order chi connectivity index (χ1) is 12.5. The Morgan fingerprint density at radius 3 is 2.54 bits per heavy atom. The maximum Gasteiger partial charge on any atom is 0.251 e. The van der Waals surface area contributed by atoms with Gasteiger partial charge in [0.25, 0.3) is 5.91 Å². The van der Waals surface area contributed by atoms with Crippen molar-refractivity contribution in [2.24, 2.45) is 0 Å². The van der Waals surface area contributed by atoms with Crippen LogP contribution in [0.4, 0.5) is 0 Å². The lowest BCUT2D eigenvalue weighted by Crippen LogP contribution is -2.40. The van der Waals surface area contributed by atoms with E-state index in [0.717, 1.165) is 5.56 Å². The van der Waals surface area contributed by atoms with Crippen LogP contribution >= 0.6 is 11.3 Å². The first-order valence-electron chi connectivity index (χ1n) is 8.15. The Balaban J connectivity index is 1.62. The number of sulfonamides is 1. The second kappa shape index (κ2) is 8.28. The Labute approximate surface area is 156 Å². The fraction of sp³-hybridized carbons (Fsp3) is 0.353. The third kappa shape index (κ3) is 4.30. The van der Waals surface area contributed by atoms with Crippen molar-refractivity contribution in [3.8, 4) is 0 Å². The van der Waals surface area contributed by atoms with Crippen molar-refractivity contribution in [2.75, 3.05) is 32.8 Å². The lowest BCUT2D eigenvalue weighted by atomic mass is 10.2. The average molecular weight is 396 g/mol. The number of morpholine rings is 1. The van der Waals surface area contributed by atoms with Crippen LogP contribution in [0.3, 0.4) is 0 Å². The summed E-state index contributed by atoms with van der Waals surface area (Å²) in [5, 5.41) is 16.3. The highest BCUT2D eigenvalue weighted by atomic mass is 32.2. The van der Waals surface area contributed by atoms with Gasteiger partial charge < -0.3 is 15.2 Å². The minimum Gasteiger partial charge on any atom is -0.387 e. The molecule has 2 aromatic rings. The van der Waals surface area contributed by atoms with Crippen molar-refractivity contribution in [1.82, 2.24) is 9.62 Å². The van der Waals surface area contributed by atoms with Gasteiger partial charge in [0.15, 0.2) is 0 Å². The summed E-state index contributed by atoms with van der Waals surface area (Å²) >= 11 is 1.47. The van der Waals surface area contributed by atoms with Gasteiger partial charge in [-0.2, -0.15) is 15.6 Å². The number of aliphatic hydroxyl groups excluding tert-OH is 1. The molecule has 0 spiro atoms. The normalized spacial score (nSPS) is 17.0. The standard InChI is InChI=1S/C17H20N2O5S2/c20-16(14-5-10-25-12-14)11-18-17(21)13-1-3-15(4-2-13)26(22,23)19-6-8-24-9-7-19/h1-5,10,12,16,20H,6-9,11H2,(H,18,21). The predicted octanol–water partition coefficient (Wildman–Crippen LogP) is 1.23. The number of carbonyl (C=O) groups is 1. The van der Waals surface area contributed by atoms with Crippen LogP contribution in [0.25, 0.3) is 0 Å². The molecule has 2 N–H and O–H groups in total. The number of amides is 1. The van der Waals surface area contributed by atoms with E-state index in [1.165, 1.54) is 39.9 Å². The number of rotatable bonds is 6. The second-order valence-corrected chi connectivity index (χ2v) is 8.54. The molecule has 1 aliphatic rings. The van der Waals surface area contributed by atoms with E-state index in [1.807, 2.05) is 10.8 Å². The number of benzene rings is 1. The van der Waals surface area contributed by atoms with E-state index < -0.39 is 16.1 Å². The van der Waals surface area contributed by atoms with Gasteiger partial charge in [-0.25, -0.2) is 8.42 Å². The summed E-state index contributed by atoms with van der Waals surface area (Å²) in [6.07, 6.45) is -0.772. The van der Waals surface area contributed by atoms with Gasteiger partial charge in [0.05, 0.1) is 24.2 Å². The van der Waals surface area contributed by atoms with E-state index >= 15 is 0 Å². The molecule has 1 aliphatic heterocycles. The smallest absolute Gasteiger partial charge is 0.251 e. The third-order valence-electron chi connectivity index (χ3n) is 4.11. The number of aliphatic hydroxyl groups is 1. The monoisotopic (exact) mass is 396 g/mol. The molecule has 26 heavy (non-hydrogen) atoms. The van der Waals surface area contributed by atoms with Gasteiger partial charge in [0.2, 0.25) is 10.0 Å². The maximum absolute atomic E-state index is 12.6. The zero-order valence-electron chi connectivity index (χ0n) is 14.0. The lowest BCUT2D eigenvalue weighted by molar-refractivity contribution is 0.0730. The minimum atomic E-state index is -3.58. The third-order valence-corrected chi connectivity index (χ3v) is 6.72. The van der Waals surface area contributed by atoms with Gasteiger partial charge in [0.1, 0.15) is 0 Å². The number of hydrogen-bond acceptors (Lipinski definition) is 6. The van der Waals surface area contributed by atoms with Crippen LogP contribution in [0, 0.1) is 0 Å². The molecule has 2 heterocycles. The summed E-state index contributed by atoms with van der Waals surface area (Å²) in [6.45, 7) is 1.50. The highest BCUT2D eigenvalue weighted by Gasteiger charge is 2.26. The summed E-state index contributed by atoms with van der Waals surface area (Å²) in [7, 11) is -3.58. The summed E-state index contributed by atoms with van der Waals surface area (Å²) < 4.78 is 31.7. The van der Waals surface area contributed by atoms with Gasteiger partial charge in [-0.3, -0.25) is 4.79 Å². The van der Waals surface area contributed by atoms with Crippen LogP contribution in [0.1, 0.15) is 22.0 Å². The molecule has 0 bridgehead atoms. The molecule has 1 aromatic carbocycles. The summed E-state index contributed by atoms with van der Waals surface area (Å²) in [5.41, 5.74) is 1.09. The summed E-state index contributed by atoms with van der Waals surface area (Å²) in [5.74, 6) is -0.366. The maximum atomic E-state index is 12.6. The largest absolute Gasteiger partial charge is 0.387 e. The van der Waals surface area contributed by atoms with Crippen LogP contribution < -0.4 is 5.32 Å². The van der Waals surface area contributed by atoms with Gasteiger partial charge >= 0.3 is 0 Å². The van der Waals surface area contributed by atoms with Crippen LogP contribution in [-0.4, -0.2) is 56.6 Å². The van der Waals surface area contributed by atoms with Crippen LogP contribution in [-0.2, 0) is 14.8 Å². The minimum absolute atomic E-state index is 0.0867. The Hall–Kier alpha value is -1.78. The Bertz CT molecular complexity index is 829. The number of nitrogens with one attached hydrogen (secondary N) is 1. The van der Waals surface area contributed by atoms with Crippen molar-refractivity contribution in [1.29, 1.82) is 0 Å². The molecule has 9 heteroatoms. The zero-order chi connectivity index (χ0) is 18.6. The molecule has 7 nitrogen and oxygen atoms in total. The van der Waals surface area contributed by atoms with E-state index in [2.05, 4.69) is 5.32 Å². The number of hydrogen-bond donors (Lipinski definition) is 2. The van der Waals surface area contributed by atoms with Gasteiger partial charge in [-0.15, -0.1) is 0 Å². The van der Waals surface area contributed by atoms with Crippen LogP contribution in [0.2, 0.25) is 0 Å². The molecule has 1 unspecified atom stereocenters. The first-order valence-corrected chi connectivity index (χ1v) is 10.5. The fourth-order valence-corrected chi connectivity index (χ4v) is 4.70. The SMILES string of the molecule is O=C(NCC(O)c1ccsc1)c1ccc(S(=O)(=O)N2CCOCC2)cc1. The Morgan fingerprint density at radius 2 is 1.92 bits per heavy atom. The Morgan fingerprint density at radius 1 is 1.23 bits per heavy atom. The molecule has 140 valence electrons. The van der Waals surface area contributed by atoms with Crippen molar-refractivity contribution in [3.63, 3.8) is 0 Å². The molecule has 0 radical (unpaired) electrons. The molecule has 0 saturated carbocycles. The van der Waals surface area contributed by atoms with Crippen molar-refractivity contribution >= 4 is 27.3 Å². The van der Waals surface area contributed by atoms with E-state index in [1.54, 1.807) is 6.07 Å². The highest BCUT2D eigenvalue weighted by Crippen LogP contribution is 2.18. The van der Waals surface area contributed by atoms with Crippen LogP contribution in [0.15, 0.2) is 46.0 Å². The second-order valence-electron chi connectivity index (χ2n) is 5.82. The molecule has 1 fully saturated rings. The average Bonchev–Trinajstić information content (AvgIpc) is 3.21. The van der Waals surface area contributed by atoms with E-state index in [9.17, 15) is 18.3 Å². The van der Waals surface area contributed by atoms with Crippen molar-refractivity contribution in [2.45, 2.75) is 11.0 Å². The molecule has 1 aromatic heterocycles. The molecule has 1 atom stereocenters. The van der Waals surface area contributed by atoms with Crippen molar-refractivity contribution in [3.05, 3.63) is 52.2 Å². The number of ether oxygens (including phenoxy) is 1. The molecule has 3 rings (SSSR count). The predicted molar refractivity (Wildman–Crippen MR) is 97.6 cm³/mol. The van der Waals surface area contributed by atoms with E-state index in [4.69, 9.17) is 4.74 Å². The van der Waals surface area contributed by atoms with E-state index in [0.29, 0.717) is 31.9 Å². The summed E-state index contributed by atoms with van der Waals surface area (Å²) in [4.78, 5) is 12.3. The van der Waals surface area contributed by atoms with Gasteiger partial charge in [-0.05, 0) is 46.7 Å². The number of carbonyl (C=O) groups excluding carboxylic acids is 1. The molecule has 0 aliphatic carbocycles. The summed E-state index contributed by atoms with van der Waals surface area (Å²) in [6, 6.07) is 7.59. The van der Waals surface area contributed by atoms with Crippen molar-refractivity contribution < 1.29 is 23.1 Å². The van der Waals surface area contributed by atoms with Gasteiger partial charge in [0, 0.05) is 25.2 Å². The first kappa shape index (κ1) is 19.0. The quantitative estimate of drug-likeness (QED) is 0.766. The topological polar surface area (TPSA) is 95.9 Å². The van der Waals surface area contributed by atoms with Gasteiger partial charge in [-0.1, -0.05) is 0 Å². The highest BCUT2D eigenvalue weighted by molar-refractivity contribution is 7.89.